The summed E-state index contributed by atoms with van der Waals surface area (Å²) in [5.74, 6) is 0.290. The molecule has 0 atom stereocenters. The molecule has 0 radical (unpaired) electrons. The number of fused-ring (bicyclic) bond motifs is 1. The summed E-state index contributed by atoms with van der Waals surface area (Å²) in [6.45, 7) is 5.38. The van der Waals surface area contributed by atoms with Crippen molar-refractivity contribution in [3.63, 3.8) is 0 Å². The Labute approximate surface area is 125 Å². The lowest BCUT2D eigenvalue weighted by atomic mass is 10.0. The first-order chi connectivity index (χ1) is 10.3. The fourth-order valence-electron chi connectivity index (χ4n) is 2.74. The molecule has 2 aromatic rings. The van der Waals surface area contributed by atoms with Gasteiger partial charge in [-0.15, -0.1) is 0 Å². The highest BCUT2D eigenvalue weighted by Crippen LogP contribution is 2.18. The molecule has 1 aliphatic heterocycles. The van der Waals surface area contributed by atoms with Crippen molar-refractivity contribution in [3.05, 3.63) is 42.1 Å². The number of nitrogens with zero attached hydrogens (tertiary/aromatic N) is 3. The predicted octanol–water partition coefficient (Wildman–Crippen LogP) is 2.93. The summed E-state index contributed by atoms with van der Waals surface area (Å²) < 4.78 is 0. The van der Waals surface area contributed by atoms with Crippen molar-refractivity contribution in [2.24, 2.45) is 0 Å². The number of rotatable bonds is 3. The minimum Gasteiger partial charge on any atom is -0.343 e. The van der Waals surface area contributed by atoms with Gasteiger partial charge in [-0.25, -0.2) is 5.26 Å². The molecule has 3 rings (SSSR count). The zero-order valence-corrected chi connectivity index (χ0v) is 12.0. The van der Waals surface area contributed by atoms with Crippen LogP contribution in [0.5, 0.6) is 0 Å². The van der Waals surface area contributed by atoms with Crippen molar-refractivity contribution in [1.82, 2.24) is 9.88 Å². The van der Waals surface area contributed by atoms with Crippen LogP contribution in [-0.4, -0.2) is 28.9 Å². The van der Waals surface area contributed by atoms with Gasteiger partial charge in [-0.3, -0.25) is 9.78 Å². The summed E-state index contributed by atoms with van der Waals surface area (Å²) in [6.07, 6.45) is 5.55. The van der Waals surface area contributed by atoms with Gasteiger partial charge < -0.3 is 4.90 Å². The van der Waals surface area contributed by atoms with Gasteiger partial charge in [0.05, 0.1) is 5.52 Å². The van der Waals surface area contributed by atoms with Crippen molar-refractivity contribution < 1.29 is 4.79 Å². The molecule has 0 aliphatic carbocycles. The molecule has 0 spiro atoms. The molecule has 0 N–H and O–H groups in total. The summed E-state index contributed by atoms with van der Waals surface area (Å²) in [7, 11) is 0. The molecule has 1 fully saturated rings. The number of amides is 1. The van der Waals surface area contributed by atoms with Gasteiger partial charge in [0.15, 0.2) is 0 Å². The Kier molecular flexibility index (Phi) is 5.28. The van der Waals surface area contributed by atoms with Gasteiger partial charge in [-0.05, 0) is 37.0 Å². The Bertz CT molecular complexity index is 625. The number of carbonyl (C=O) groups is 1. The summed E-state index contributed by atoms with van der Waals surface area (Å²) in [6, 6.07) is 10.1. The normalized spacial score (nSPS) is 13.7. The minimum absolute atomic E-state index is 0.290. The molecule has 0 bridgehead atoms. The largest absolute Gasteiger partial charge is 0.343 e. The Morgan fingerprint density at radius 3 is 2.67 bits per heavy atom. The molecule has 1 aromatic heterocycles. The molecular weight excluding hydrogens is 262 g/mol. The predicted molar refractivity (Wildman–Crippen MR) is 82.5 cm³/mol. The van der Waals surface area contributed by atoms with E-state index in [4.69, 9.17) is 5.26 Å². The third kappa shape index (κ3) is 3.57. The number of likely N-dealkylation sites (tertiary alicyclic amines) is 1. The van der Waals surface area contributed by atoms with E-state index in [-0.39, 0.29) is 0 Å². The maximum atomic E-state index is 12.1. The second-order valence-corrected chi connectivity index (χ2v) is 5.08. The second kappa shape index (κ2) is 7.39. The highest BCUT2D eigenvalue weighted by Gasteiger charge is 2.17. The van der Waals surface area contributed by atoms with Crippen molar-refractivity contribution in [2.75, 3.05) is 13.1 Å². The maximum Gasteiger partial charge on any atom is 0.222 e. The molecule has 0 saturated carbocycles. The first-order valence-corrected chi connectivity index (χ1v) is 7.21. The zero-order valence-electron chi connectivity index (χ0n) is 12.0. The molecule has 1 aromatic carbocycles. The number of pyridine rings is 1. The lowest BCUT2D eigenvalue weighted by Gasteiger charge is -2.15. The Balaban J connectivity index is 0.000000774. The van der Waals surface area contributed by atoms with Gasteiger partial charge in [0.1, 0.15) is 0 Å². The van der Waals surface area contributed by atoms with Crippen LogP contribution in [-0.2, 0) is 11.2 Å². The number of benzene rings is 1. The van der Waals surface area contributed by atoms with E-state index in [9.17, 15) is 4.79 Å². The van der Waals surface area contributed by atoms with Crippen LogP contribution < -0.4 is 0 Å². The van der Waals surface area contributed by atoms with Gasteiger partial charge in [-0.1, -0.05) is 18.2 Å². The molecule has 1 amide bonds. The van der Waals surface area contributed by atoms with Gasteiger partial charge in [0, 0.05) is 37.7 Å². The second-order valence-electron chi connectivity index (χ2n) is 5.08. The molecule has 1 saturated heterocycles. The number of carbonyl (C=O) groups excluding carboxylic acids is 1. The molecule has 1 aliphatic rings. The summed E-state index contributed by atoms with van der Waals surface area (Å²) >= 11 is 0. The van der Waals surface area contributed by atoms with Crippen molar-refractivity contribution in [2.45, 2.75) is 25.7 Å². The summed E-state index contributed by atoms with van der Waals surface area (Å²) in [5, 5.41) is 7.67. The Morgan fingerprint density at radius 2 is 1.90 bits per heavy atom. The quantitative estimate of drug-likeness (QED) is 0.869. The Morgan fingerprint density at radius 1 is 1.19 bits per heavy atom. The minimum atomic E-state index is 0.290. The third-order valence-electron chi connectivity index (χ3n) is 3.81. The van der Waals surface area contributed by atoms with E-state index >= 15 is 0 Å². The van der Waals surface area contributed by atoms with Crippen molar-refractivity contribution in [3.8, 4) is 6.57 Å². The van der Waals surface area contributed by atoms with E-state index in [0.717, 1.165) is 37.9 Å². The SMILES string of the molecule is C#N.O=C(CCc1ccnc2ccccc12)N1CCCC1. The summed E-state index contributed by atoms with van der Waals surface area (Å²) in [5.41, 5.74) is 2.23. The van der Waals surface area contributed by atoms with Gasteiger partial charge >= 0.3 is 0 Å². The third-order valence-corrected chi connectivity index (χ3v) is 3.81. The van der Waals surface area contributed by atoms with Crippen LogP contribution in [0.25, 0.3) is 10.9 Å². The molecule has 2 heterocycles. The first-order valence-electron chi connectivity index (χ1n) is 7.21. The summed E-state index contributed by atoms with van der Waals surface area (Å²) in [4.78, 5) is 18.4. The lowest BCUT2D eigenvalue weighted by Crippen LogP contribution is -2.27. The highest BCUT2D eigenvalue weighted by molar-refractivity contribution is 5.83. The van der Waals surface area contributed by atoms with Crippen LogP contribution >= 0.6 is 0 Å². The molecule has 0 unspecified atom stereocenters. The van der Waals surface area contributed by atoms with Crippen LogP contribution in [0, 0.1) is 11.8 Å². The van der Waals surface area contributed by atoms with Gasteiger partial charge in [0.25, 0.3) is 0 Å². The van der Waals surface area contributed by atoms with Crippen molar-refractivity contribution in [1.29, 1.82) is 5.26 Å². The fraction of sp³-hybridized carbons (Fsp3) is 0.353. The molecular formula is C17H19N3O. The maximum absolute atomic E-state index is 12.1. The van der Waals surface area contributed by atoms with E-state index in [1.54, 1.807) is 0 Å². The number of hydrogen-bond acceptors (Lipinski definition) is 3. The van der Waals surface area contributed by atoms with Crippen LogP contribution in [0.15, 0.2) is 36.5 Å². The number of nitriles is 1. The van der Waals surface area contributed by atoms with E-state index in [2.05, 4.69) is 17.6 Å². The van der Waals surface area contributed by atoms with E-state index in [1.807, 2.05) is 35.4 Å². The number of aromatic nitrogens is 1. The van der Waals surface area contributed by atoms with E-state index < -0.39 is 0 Å². The molecule has 4 nitrogen and oxygen atoms in total. The van der Waals surface area contributed by atoms with E-state index in [1.165, 1.54) is 10.9 Å². The first kappa shape index (κ1) is 15.0. The van der Waals surface area contributed by atoms with Crippen LogP contribution in [0.4, 0.5) is 0 Å². The molecule has 21 heavy (non-hydrogen) atoms. The zero-order chi connectivity index (χ0) is 15.1. The highest BCUT2D eigenvalue weighted by atomic mass is 16.2. The standard InChI is InChI=1S/C16H18N2O.CHN/c19-16(18-11-3-4-12-18)8-7-13-9-10-17-15-6-2-1-5-14(13)15;1-2/h1-2,5-6,9-10H,3-4,7-8,11-12H2;1H. The van der Waals surface area contributed by atoms with Gasteiger partial charge in [-0.2, -0.15) is 0 Å². The lowest BCUT2D eigenvalue weighted by molar-refractivity contribution is -0.130. The fourth-order valence-corrected chi connectivity index (χ4v) is 2.74. The van der Waals surface area contributed by atoms with Crippen LogP contribution in [0.1, 0.15) is 24.8 Å². The number of hydrogen-bond donors (Lipinski definition) is 0. The van der Waals surface area contributed by atoms with Crippen LogP contribution in [0.3, 0.4) is 0 Å². The average molecular weight is 281 g/mol. The molecule has 4 heteroatoms. The smallest absolute Gasteiger partial charge is 0.222 e. The molecule has 108 valence electrons. The van der Waals surface area contributed by atoms with Crippen LogP contribution in [0.2, 0.25) is 0 Å². The average Bonchev–Trinajstić information content (AvgIpc) is 3.09. The number of para-hydroxylation sites is 1. The van der Waals surface area contributed by atoms with Crippen molar-refractivity contribution >= 4 is 16.8 Å². The van der Waals surface area contributed by atoms with Gasteiger partial charge in [0.2, 0.25) is 5.91 Å². The van der Waals surface area contributed by atoms with E-state index in [0.29, 0.717) is 12.3 Å². The number of aryl methyl sites for hydroxylation is 1. The monoisotopic (exact) mass is 281 g/mol. The topological polar surface area (TPSA) is 57.0 Å². The Hall–Kier alpha value is -2.41.